The number of halogens is 4. The van der Waals surface area contributed by atoms with E-state index in [1.807, 2.05) is 13.8 Å². The minimum Gasteiger partial charge on any atom is -0.334 e. The Bertz CT molecular complexity index is 817. The second-order valence-corrected chi connectivity index (χ2v) is 7.18. The Hall–Kier alpha value is -2.38. The van der Waals surface area contributed by atoms with Gasteiger partial charge in [0.15, 0.2) is 5.69 Å². The Morgan fingerprint density at radius 2 is 1.93 bits per heavy atom. The van der Waals surface area contributed by atoms with E-state index in [-0.39, 0.29) is 35.1 Å². The van der Waals surface area contributed by atoms with E-state index in [0.717, 1.165) is 12.8 Å². The summed E-state index contributed by atoms with van der Waals surface area (Å²) in [6, 6.07) is 6.20. The average Bonchev–Trinajstić information content (AvgIpc) is 3.36. The Morgan fingerprint density at radius 3 is 2.48 bits per heavy atom. The number of benzene rings is 1. The van der Waals surface area contributed by atoms with E-state index in [0.29, 0.717) is 11.8 Å². The number of carbonyl (C=O) groups excluding carboxylic acids is 1. The second-order valence-electron chi connectivity index (χ2n) is 7.18. The van der Waals surface area contributed by atoms with Gasteiger partial charge in [-0.05, 0) is 30.4 Å². The molecule has 1 aromatic carbocycles. The number of hydrogen-bond acceptors (Lipinski definition) is 2. The first-order valence-corrected chi connectivity index (χ1v) is 8.88. The topological polar surface area (TPSA) is 38.1 Å². The number of hydrogen-bond donors (Lipinski definition) is 0. The van der Waals surface area contributed by atoms with Crippen LogP contribution in [0, 0.1) is 11.7 Å². The summed E-state index contributed by atoms with van der Waals surface area (Å²) in [5.41, 5.74) is -0.855. The minimum absolute atomic E-state index is 0.00394. The van der Waals surface area contributed by atoms with Crippen molar-refractivity contribution in [3.8, 4) is 0 Å². The van der Waals surface area contributed by atoms with Gasteiger partial charge in [-0.1, -0.05) is 36.5 Å². The van der Waals surface area contributed by atoms with Gasteiger partial charge in [0.25, 0.3) is 12.3 Å². The maximum absolute atomic E-state index is 14.3. The first-order valence-electron chi connectivity index (χ1n) is 8.88. The lowest BCUT2D eigenvalue weighted by Gasteiger charge is -2.30. The van der Waals surface area contributed by atoms with Gasteiger partial charge < -0.3 is 4.90 Å². The highest BCUT2D eigenvalue weighted by molar-refractivity contribution is 5.94. The normalized spacial score (nSPS) is 15.4. The molecule has 1 aliphatic carbocycles. The molecule has 3 rings (SSSR count). The molecule has 4 nitrogen and oxygen atoms in total. The van der Waals surface area contributed by atoms with Gasteiger partial charge in [0.1, 0.15) is 5.82 Å². The molecule has 1 heterocycles. The predicted octanol–water partition coefficient (Wildman–Crippen LogP) is 4.74. The molecule has 0 N–H and O–H groups in total. The Balaban J connectivity index is 1.92. The zero-order valence-corrected chi connectivity index (χ0v) is 15.1. The van der Waals surface area contributed by atoms with Crippen LogP contribution < -0.4 is 0 Å². The van der Waals surface area contributed by atoms with Crippen LogP contribution in [0.2, 0.25) is 0 Å². The molecule has 1 fully saturated rings. The molecule has 0 spiro atoms. The lowest BCUT2D eigenvalue weighted by Crippen LogP contribution is -2.38. The molecule has 0 radical (unpaired) electrons. The Morgan fingerprint density at radius 1 is 1.26 bits per heavy atom. The van der Waals surface area contributed by atoms with Crippen molar-refractivity contribution in [2.45, 2.75) is 45.1 Å². The quantitative estimate of drug-likeness (QED) is 0.648. The number of nitrogens with zero attached hydrogens (tertiary/aromatic N) is 3. The van der Waals surface area contributed by atoms with E-state index < -0.39 is 23.6 Å². The molecule has 27 heavy (non-hydrogen) atoms. The van der Waals surface area contributed by atoms with Crippen molar-refractivity contribution < 1.29 is 22.4 Å². The van der Waals surface area contributed by atoms with Gasteiger partial charge in [-0.15, -0.1) is 10.0 Å². The Labute approximate surface area is 154 Å². The number of alkyl halides is 2. The first kappa shape index (κ1) is 19.4. The van der Waals surface area contributed by atoms with E-state index in [4.69, 9.17) is 0 Å². The zero-order valence-electron chi connectivity index (χ0n) is 15.1. The van der Waals surface area contributed by atoms with Crippen molar-refractivity contribution in [2.75, 3.05) is 6.54 Å². The van der Waals surface area contributed by atoms with Crippen molar-refractivity contribution in [3.63, 3.8) is 0 Å². The van der Waals surface area contributed by atoms with Gasteiger partial charge in [-0.2, -0.15) is 0 Å². The predicted molar refractivity (Wildman–Crippen MR) is 91.7 cm³/mol. The van der Waals surface area contributed by atoms with E-state index in [1.54, 1.807) is 18.2 Å². The van der Waals surface area contributed by atoms with Crippen LogP contribution in [0.25, 0.3) is 0 Å². The third-order valence-corrected chi connectivity index (χ3v) is 4.90. The van der Waals surface area contributed by atoms with Crippen molar-refractivity contribution in [1.82, 2.24) is 14.9 Å². The summed E-state index contributed by atoms with van der Waals surface area (Å²) in [4.78, 5) is 14.1. The maximum Gasteiger partial charge on any atom is 0.275 e. The smallest absolute Gasteiger partial charge is 0.275 e. The number of carbonyl (C=O) groups is 1. The van der Waals surface area contributed by atoms with Gasteiger partial charge in [0, 0.05) is 18.5 Å². The summed E-state index contributed by atoms with van der Waals surface area (Å²) in [6.07, 6.45) is -1.04. The fourth-order valence-corrected chi connectivity index (χ4v) is 3.26. The van der Waals surface area contributed by atoms with Crippen LogP contribution in [0.5, 0.6) is 0 Å². The van der Waals surface area contributed by atoms with Crippen LogP contribution in [-0.2, 0) is 0 Å². The monoisotopic (exact) mass is 383 g/mol. The molecule has 0 bridgehead atoms. The number of aromatic nitrogens is 2. The Kier molecular flexibility index (Phi) is 5.53. The van der Waals surface area contributed by atoms with Crippen LogP contribution >= 0.6 is 0 Å². The maximum atomic E-state index is 14.3. The third-order valence-electron chi connectivity index (χ3n) is 4.90. The standard InChI is InChI=1S/C19H21F4N3O/c1-11(2)14(13-5-3-4-6-16(13)20)9-25(12-7-8-12)19(27)17-15(18(21)22)10-26(23)24-17/h3-6,10-12,14,18H,7-9H2,1-2H3. The highest BCUT2D eigenvalue weighted by Gasteiger charge is 2.38. The van der Waals surface area contributed by atoms with Crippen molar-refractivity contribution in [2.24, 2.45) is 5.92 Å². The van der Waals surface area contributed by atoms with Crippen LogP contribution in [0.3, 0.4) is 0 Å². The summed E-state index contributed by atoms with van der Waals surface area (Å²) in [6.45, 7) is 3.98. The van der Waals surface area contributed by atoms with Gasteiger partial charge in [0.2, 0.25) is 0 Å². The molecule has 146 valence electrons. The van der Waals surface area contributed by atoms with E-state index >= 15 is 0 Å². The second kappa shape index (κ2) is 7.70. The fourth-order valence-electron chi connectivity index (χ4n) is 3.26. The minimum atomic E-state index is -3.01. The van der Waals surface area contributed by atoms with Gasteiger partial charge >= 0.3 is 0 Å². The largest absolute Gasteiger partial charge is 0.334 e. The van der Waals surface area contributed by atoms with E-state index in [9.17, 15) is 22.4 Å². The van der Waals surface area contributed by atoms with Crippen LogP contribution in [0.15, 0.2) is 30.5 Å². The van der Waals surface area contributed by atoms with E-state index in [1.165, 1.54) is 11.0 Å². The summed E-state index contributed by atoms with van der Waals surface area (Å²) in [5.74, 6) is -1.44. The fraction of sp³-hybridized carbons (Fsp3) is 0.474. The van der Waals surface area contributed by atoms with Gasteiger partial charge in [-0.3, -0.25) is 4.79 Å². The zero-order chi connectivity index (χ0) is 19.7. The van der Waals surface area contributed by atoms with Crippen molar-refractivity contribution in [1.29, 1.82) is 0 Å². The lowest BCUT2D eigenvalue weighted by molar-refractivity contribution is 0.0701. The number of amides is 1. The van der Waals surface area contributed by atoms with Gasteiger partial charge in [0.05, 0.1) is 11.8 Å². The third kappa shape index (κ3) is 4.14. The lowest BCUT2D eigenvalue weighted by atomic mass is 9.87. The summed E-state index contributed by atoms with van der Waals surface area (Å²) in [7, 11) is 0. The molecule has 2 aromatic rings. The SMILES string of the molecule is CC(C)C(CN(C(=O)c1nn(F)cc1C(F)F)C1CC1)c1ccccc1F. The molecule has 1 aromatic heterocycles. The highest BCUT2D eigenvalue weighted by Crippen LogP contribution is 2.35. The van der Waals surface area contributed by atoms with Crippen molar-refractivity contribution >= 4 is 5.91 Å². The van der Waals surface area contributed by atoms with Crippen LogP contribution in [-0.4, -0.2) is 33.4 Å². The first-order chi connectivity index (χ1) is 12.8. The molecule has 0 saturated heterocycles. The van der Waals surface area contributed by atoms with E-state index in [2.05, 4.69) is 5.10 Å². The average molecular weight is 383 g/mol. The van der Waals surface area contributed by atoms with Crippen molar-refractivity contribution in [3.05, 3.63) is 53.1 Å². The summed E-state index contributed by atoms with van der Waals surface area (Å²) in [5, 5.41) is 3.31. The molecule has 1 atom stereocenters. The molecule has 1 unspecified atom stereocenters. The summed E-state index contributed by atoms with van der Waals surface area (Å²) < 4.78 is 53.9. The molecular weight excluding hydrogens is 362 g/mol. The molecule has 0 aliphatic heterocycles. The van der Waals surface area contributed by atoms with Crippen LogP contribution in [0.1, 0.15) is 60.6 Å². The molecule has 8 heteroatoms. The molecule has 1 amide bonds. The molecular formula is C19H21F4N3O. The van der Waals surface area contributed by atoms with Gasteiger partial charge in [-0.25, -0.2) is 13.2 Å². The summed E-state index contributed by atoms with van der Waals surface area (Å²) >= 11 is 0. The molecule has 1 aliphatic rings. The van der Waals surface area contributed by atoms with Crippen LogP contribution in [0.4, 0.5) is 17.7 Å². The highest BCUT2D eigenvalue weighted by atomic mass is 19.3. The number of rotatable bonds is 7. The molecule has 1 saturated carbocycles.